The molecular weight excluding hydrogens is 582 g/mol. The zero-order chi connectivity index (χ0) is 33.1. The fraction of sp³-hybridized carbons (Fsp3) is 0.200. The van der Waals surface area contributed by atoms with Crippen molar-refractivity contribution >= 4 is 22.7 Å². The maximum Gasteiger partial charge on any atom is 0.251 e. The van der Waals surface area contributed by atoms with E-state index in [-0.39, 0.29) is 11.3 Å². The Bertz CT molecular complexity index is 2050. The number of nitrogens with two attached hydrogens (primary N) is 1. The second-order valence-electron chi connectivity index (χ2n) is 13.1. The number of carbonyl (C=O) groups is 2. The minimum Gasteiger partial charge on any atom is -0.368 e. The summed E-state index contributed by atoms with van der Waals surface area (Å²) in [4.78, 5) is 30.5. The largest absolute Gasteiger partial charge is 0.368 e. The van der Waals surface area contributed by atoms with E-state index < -0.39 is 11.9 Å². The van der Waals surface area contributed by atoms with E-state index in [0.29, 0.717) is 18.5 Å². The van der Waals surface area contributed by atoms with Crippen molar-refractivity contribution in [2.45, 2.75) is 52.1 Å². The zero-order valence-corrected chi connectivity index (χ0v) is 27.2. The minimum absolute atomic E-state index is 0.0559. The molecule has 2 amide bonds. The summed E-state index contributed by atoms with van der Waals surface area (Å²) in [5, 5.41) is 8.93. The molecular formula is C40H39N5O2. The number of fused-ring (bicyclic) bond motifs is 1. The number of benzene rings is 4. The number of hydrogen-bond donors (Lipinski definition) is 2. The van der Waals surface area contributed by atoms with Crippen LogP contribution < -0.4 is 11.1 Å². The van der Waals surface area contributed by atoms with Crippen LogP contribution in [0.1, 0.15) is 53.4 Å². The molecule has 1 unspecified atom stereocenters. The van der Waals surface area contributed by atoms with Crippen LogP contribution >= 0.6 is 0 Å². The molecule has 236 valence electrons. The molecule has 1 atom stereocenters. The molecule has 0 saturated heterocycles. The van der Waals surface area contributed by atoms with Gasteiger partial charge in [0.05, 0.1) is 23.4 Å². The lowest BCUT2D eigenvalue weighted by atomic mass is 9.87. The molecule has 7 nitrogen and oxygen atoms in total. The van der Waals surface area contributed by atoms with Gasteiger partial charge >= 0.3 is 0 Å². The van der Waals surface area contributed by atoms with E-state index in [1.165, 1.54) is 5.56 Å². The van der Waals surface area contributed by atoms with Crippen molar-refractivity contribution in [3.8, 4) is 22.5 Å². The molecule has 0 aliphatic heterocycles. The molecule has 6 rings (SSSR count). The van der Waals surface area contributed by atoms with Gasteiger partial charge in [-0.1, -0.05) is 105 Å². The Morgan fingerprint density at radius 2 is 1.55 bits per heavy atom. The average Bonchev–Trinajstić information content (AvgIpc) is 3.48. The number of aromatic nitrogens is 3. The first-order chi connectivity index (χ1) is 22.5. The highest BCUT2D eigenvalue weighted by Crippen LogP contribution is 2.30. The van der Waals surface area contributed by atoms with Crippen molar-refractivity contribution in [1.29, 1.82) is 0 Å². The van der Waals surface area contributed by atoms with Crippen molar-refractivity contribution in [3.05, 3.63) is 143 Å². The van der Waals surface area contributed by atoms with Crippen molar-refractivity contribution in [2.75, 3.05) is 0 Å². The van der Waals surface area contributed by atoms with Crippen LogP contribution in [0.15, 0.2) is 115 Å². The lowest BCUT2D eigenvalue weighted by Crippen LogP contribution is -2.45. The van der Waals surface area contributed by atoms with Crippen molar-refractivity contribution in [2.24, 2.45) is 5.73 Å². The van der Waals surface area contributed by atoms with Crippen LogP contribution in [0.5, 0.6) is 0 Å². The summed E-state index contributed by atoms with van der Waals surface area (Å²) < 4.78 is 1.97. The van der Waals surface area contributed by atoms with E-state index in [2.05, 4.69) is 61.4 Å². The monoisotopic (exact) mass is 621 g/mol. The van der Waals surface area contributed by atoms with Crippen molar-refractivity contribution < 1.29 is 9.59 Å². The predicted molar refractivity (Wildman–Crippen MR) is 188 cm³/mol. The lowest BCUT2D eigenvalue weighted by molar-refractivity contribution is -0.119. The van der Waals surface area contributed by atoms with Gasteiger partial charge in [0.25, 0.3) is 5.91 Å². The smallest absolute Gasteiger partial charge is 0.251 e. The van der Waals surface area contributed by atoms with Gasteiger partial charge in [-0.25, -0.2) is 0 Å². The Kier molecular flexibility index (Phi) is 8.72. The number of amides is 2. The van der Waals surface area contributed by atoms with E-state index in [9.17, 15) is 9.59 Å². The third kappa shape index (κ3) is 7.31. The van der Waals surface area contributed by atoms with Crippen LogP contribution in [0.4, 0.5) is 0 Å². The molecule has 47 heavy (non-hydrogen) atoms. The van der Waals surface area contributed by atoms with Crippen LogP contribution in [-0.2, 0) is 23.2 Å². The van der Waals surface area contributed by atoms with Gasteiger partial charge < -0.3 is 11.1 Å². The molecule has 0 aliphatic rings. The summed E-state index contributed by atoms with van der Waals surface area (Å²) >= 11 is 0. The SMILES string of the molecule is Cc1ccc(CC(NC(=O)c2cccc(-c3cc(-c4cnc5ccccc5c4)nn3Cc3ccc(C(C)(C)C)cc3)c2)C(N)=O)cc1. The molecule has 4 aromatic carbocycles. The first-order valence-corrected chi connectivity index (χ1v) is 15.8. The van der Waals surface area contributed by atoms with E-state index in [1.807, 2.05) is 90.6 Å². The number of nitrogens with zero attached hydrogens (tertiary/aromatic N) is 3. The van der Waals surface area contributed by atoms with Crippen LogP contribution in [0.25, 0.3) is 33.4 Å². The maximum atomic E-state index is 13.5. The standard InChI is InChI=1S/C40H39N5O2/c1-26-12-14-27(15-13-26)20-36(38(41)46)43-39(47)31-10-7-9-30(22-31)37-23-35(32-21-29-8-5-6-11-34(29)42-24-32)44-45(37)25-28-16-18-33(19-17-28)40(2,3)4/h5-19,21-24,36H,20,25H2,1-4H3,(H2,41,46)(H,43,47). The second-order valence-corrected chi connectivity index (χ2v) is 13.1. The number of para-hydroxylation sites is 1. The summed E-state index contributed by atoms with van der Waals surface area (Å²) in [5.41, 5.74) is 14.9. The van der Waals surface area contributed by atoms with Crippen LogP contribution in [0.3, 0.4) is 0 Å². The molecule has 7 heteroatoms. The normalized spacial score (nSPS) is 12.2. The highest BCUT2D eigenvalue weighted by molar-refractivity contribution is 5.98. The van der Waals surface area contributed by atoms with Gasteiger partial charge in [-0.3, -0.25) is 19.3 Å². The molecule has 3 N–H and O–H groups in total. The van der Waals surface area contributed by atoms with Crippen LogP contribution in [0, 0.1) is 6.92 Å². The molecule has 0 aliphatic carbocycles. The number of pyridine rings is 1. The Hall–Kier alpha value is -5.56. The highest BCUT2D eigenvalue weighted by atomic mass is 16.2. The van der Waals surface area contributed by atoms with E-state index in [1.54, 1.807) is 6.07 Å². The summed E-state index contributed by atoms with van der Waals surface area (Å²) in [6.07, 6.45) is 2.16. The first-order valence-electron chi connectivity index (χ1n) is 15.8. The van der Waals surface area contributed by atoms with Crippen molar-refractivity contribution in [1.82, 2.24) is 20.1 Å². The van der Waals surface area contributed by atoms with Gasteiger partial charge in [-0.15, -0.1) is 0 Å². The number of carbonyl (C=O) groups excluding carboxylic acids is 2. The Balaban J connectivity index is 1.33. The zero-order valence-electron chi connectivity index (χ0n) is 27.2. The second kappa shape index (κ2) is 13.0. The quantitative estimate of drug-likeness (QED) is 0.178. The molecule has 2 heterocycles. The summed E-state index contributed by atoms with van der Waals surface area (Å²) in [5.74, 6) is -0.954. The lowest BCUT2D eigenvalue weighted by Gasteiger charge is -2.19. The number of primary amides is 1. The summed E-state index contributed by atoms with van der Waals surface area (Å²) in [6, 6.07) is 35.1. The van der Waals surface area contributed by atoms with Gasteiger partial charge in [0.1, 0.15) is 6.04 Å². The van der Waals surface area contributed by atoms with Crippen molar-refractivity contribution in [3.63, 3.8) is 0 Å². The number of aryl methyl sites for hydroxylation is 1. The van der Waals surface area contributed by atoms with Gasteiger partial charge in [0.2, 0.25) is 5.91 Å². The number of hydrogen-bond acceptors (Lipinski definition) is 4. The molecule has 2 aromatic heterocycles. The van der Waals surface area contributed by atoms with Gasteiger partial charge in [0, 0.05) is 34.7 Å². The van der Waals surface area contributed by atoms with E-state index in [4.69, 9.17) is 10.8 Å². The Morgan fingerprint density at radius 1 is 0.830 bits per heavy atom. The third-order valence-electron chi connectivity index (χ3n) is 8.45. The molecule has 0 bridgehead atoms. The third-order valence-corrected chi connectivity index (χ3v) is 8.45. The van der Waals surface area contributed by atoms with E-state index in [0.717, 1.165) is 50.1 Å². The van der Waals surface area contributed by atoms with Gasteiger partial charge in [-0.2, -0.15) is 5.10 Å². The number of nitrogens with one attached hydrogen (secondary N) is 1. The molecule has 0 radical (unpaired) electrons. The summed E-state index contributed by atoms with van der Waals surface area (Å²) in [7, 11) is 0. The Morgan fingerprint density at radius 3 is 2.28 bits per heavy atom. The molecule has 0 fully saturated rings. The fourth-order valence-corrected chi connectivity index (χ4v) is 5.65. The molecule has 6 aromatic rings. The molecule has 0 spiro atoms. The topological polar surface area (TPSA) is 103 Å². The summed E-state index contributed by atoms with van der Waals surface area (Å²) in [6.45, 7) is 9.15. The number of rotatable bonds is 9. The van der Waals surface area contributed by atoms with Gasteiger partial charge in [0.15, 0.2) is 0 Å². The van der Waals surface area contributed by atoms with E-state index >= 15 is 0 Å². The maximum absolute atomic E-state index is 13.5. The van der Waals surface area contributed by atoms with Crippen LogP contribution in [0.2, 0.25) is 0 Å². The van der Waals surface area contributed by atoms with Crippen LogP contribution in [-0.4, -0.2) is 32.6 Å². The first kappa shape index (κ1) is 31.4. The highest BCUT2D eigenvalue weighted by Gasteiger charge is 2.21. The minimum atomic E-state index is -0.845. The molecule has 0 saturated carbocycles. The fourth-order valence-electron chi connectivity index (χ4n) is 5.65. The average molecular weight is 622 g/mol. The predicted octanol–water partition coefficient (Wildman–Crippen LogP) is 7.25. The Labute approximate surface area is 275 Å². The van der Waals surface area contributed by atoms with Gasteiger partial charge in [-0.05, 0) is 59.4 Å².